The summed E-state index contributed by atoms with van der Waals surface area (Å²) in [6.45, 7) is 8.08. The summed E-state index contributed by atoms with van der Waals surface area (Å²) in [5.74, 6) is 0.518. The fourth-order valence-corrected chi connectivity index (χ4v) is 1.66. The Morgan fingerprint density at radius 2 is 1.84 bits per heavy atom. The third-order valence-electron chi connectivity index (χ3n) is 2.43. The van der Waals surface area contributed by atoms with Gasteiger partial charge in [0, 0.05) is 6.04 Å². The molecule has 1 atom stereocenters. The molecule has 1 aromatic carbocycles. The topological polar surface area (TPSA) is 61.5 Å². The van der Waals surface area contributed by atoms with Crippen LogP contribution in [0.25, 0.3) is 0 Å². The maximum Gasteiger partial charge on any atom is 0.308 e. The van der Waals surface area contributed by atoms with Gasteiger partial charge in [-0.1, -0.05) is 12.1 Å². The Kier molecular flexibility index (Phi) is 5.36. The Morgan fingerprint density at radius 3 is 2.32 bits per heavy atom. The van der Waals surface area contributed by atoms with Crippen LogP contribution in [0.2, 0.25) is 0 Å². The number of carbonyl (C=O) groups is 1. The van der Waals surface area contributed by atoms with Crippen LogP contribution in [0.3, 0.4) is 0 Å². The fraction of sp³-hybridized carbons (Fsp3) is 0.533. The molecule has 19 heavy (non-hydrogen) atoms. The van der Waals surface area contributed by atoms with Gasteiger partial charge in [-0.25, -0.2) is 0 Å². The Labute approximate surface area is 114 Å². The summed E-state index contributed by atoms with van der Waals surface area (Å²) in [5, 5.41) is 0. The molecular weight excluding hydrogens is 242 g/mol. The van der Waals surface area contributed by atoms with Crippen molar-refractivity contribution in [2.24, 2.45) is 5.73 Å². The van der Waals surface area contributed by atoms with E-state index in [4.69, 9.17) is 15.2 Å². The minimum atomic E-state index is -0.477. The maximum absolute atomic E-state index is 11.7. The summed E-state index contributed by atoms with van der Waals surface area (Å²) in [5.41, 5.74) is 6.42. The van der Waals surface area contributed by atoms with E-state index in [2.05, 4.69) is 0 Å². The van der Waals surface area contributed by atoms with E-state index in [1.165, 1.54) is 0 Å². The molecule has 2 N–H and O–H groups in total. The van der Waals surface area contributed by atoms with Crippen molar-refractivity contribution in [3.05, 3.63) is 29.8 Å². The third-order valence-corrected chi connectivity index (χ3v) is 2.43. The average Bonchev–Trinajstić information content (AvgIpc) is 2.27. The highest BCUT2D eigenvalue weighted by atomic mass is 16.6. The number of hydrogen-bond acceptors (Lipinski definition) is 4. The smallest absolute Gasteiger partial charge is 0.308 e. The molecule has 1 rings (SSSR count). The van der Waals surface area contributed by atoms with Crippen molar-refractivity contribution in [3.8, 4) is 5.75 Å². The second-order valence-electron chi connectivity index (χ2n) is 5.40. The van der Waals surface area contributed by atoms with Gasteiger partial charge in [0.1, 0.15) is 11.4 Å². The van der Waals surface area contributed by atoms with E-state index in [-0.39, 0.29) is 18.4 Å². The minimum absolute atomic E-state index is 0.172. The number of carbonyl (C=O) groups excluding carboxylic acids is 1. The number of ether oxygens (including phenoxy) is 2. The minimum Gasteiger partial charge on any atom is -0.494 e. The van der Waals surface area contributed by atoms with Crippen molar-refractivity contribution < 1.29 is 14.3 Å². The molecule has 0 aliphatic rings. The van der Waals surface area contributed by atoms with E-state index in [1.54, 1.807) is 0 Å². The number of esters is 1. The SMILES string of the molecule is CCOc1ccc(C(N)CC(=O)OC(C)(C)C)cc1. The molecule has 0 heterocycles. The van der Waals surface area contributed by atoms with Crippen molar-refractivity contribution in [3.63, 3.8) is 0 Å². The zero-order chi connectivity index (χ0) is 14.5. The zero-order valence-electron chi connectivity index (χ0n) is 12.1. The molecule has 0 amide bonds. The standard InChI is InChI=1S/C15H23NO3/c1-5-18-12-8-6-11(7-9-12)13(16)10-14(17)19-15(2,3)4/h6-9,13H,5,10,16H2,1-4H3. The van der Waals surface area contributed by atoms with E-state index in [1.807, 2.05) is 52.0 Å². The molecule has 1 unspecified atom stereocenters. The number of rotatable bonds is 5. The lowest BCUT2D eigenvalue weighted by molar-refractivity contribution is -0.155. The van der Waals surface area contributed by atoms with E-state index in [0.717, 1.165) is 11.3 Å². The predicted octanol–water partition coefficient (Wildman–Crippen LogP) is 2.82. The highest BCUT2D eigenvalue weighted by Crippen LogP contribution is 2.20. The molecule has 0 fully saturated rings. The van der Waals surface area contributed by atoms with Gasteiger partial charge in [0.2, 0.25) is 0 Å². The van der Waals surface area contributed by atoms with E-state index in [9.17, 15) is 4.79 Å². The summed E-state index contributed by atoms with van der Waals surface area (Å²) in [7, 11) is 0. The molecule has 1 aromatic rings. The monoisotopic (exact) mass is 265 g/mol. The van der Waals surface area contributed by atoms with Crippen LogP contribution in [-0.2, 0) is 9.53 Å². The molecule has 0 aromatic heterocycles. The molecule has 4 heteroatoms. The van der Waals surface area contributed by atoms with E-state index < -0.39 is 5.60 Å². The molecule has 0 bridgehead atoms. The van der Waals surface area contributed by atoms with Crippen LogP contribution in [-0.4, -0.2) is 18.2 Å². The molecule has 0 saturated carbocycles. The van der Waals surface area contributed by atoms with Gasteiger partial charge in [0.25, 0.3) is 0 Å². The summed E-state index contributed by atoms with van der Waals surface area (Å²) in [6.07, 6.45) is 0.172. The van der Waals surface area contributed by atoms with Gasteiger partial charge < -0.3 is 15.2 Å². The summed E-state index contributed by atoms with van der Waals surface area (Å²) >= 11 is 0. The van der Waals surface area contributed by atoms with Crippen LogP contribution in [0.5, 0.6) is 5.75 Å². The number of benzene rings is 1. The predicted molar refractivity (Wildman–Crippen MR) is 75.0 cm³/mol. The van der Waals surface area contributed by atoms with E-state index in [0.29, 0.717) is 6.61 Å². The van der Waals surface area contributed by atoms with Gasteiger partial charge in [-0.15, -0.1) is 0 Å². The molecule has 0 saturated heterocycles. The first-order chi connectivity index (χ1) is 8.81. The van der Waals surface area contributed by atoms with Gasteiger partial charge in [-0.3, -0.25) is 4.79 Å². The molecule has 0 aliphatic heterocycles. The Hall–Kier alpha value is -1.55. The van der Waals surface area contributed by atoms with Crippen LogP contribution in [0, 0.1) is 0 Å². The summed E-state index contributed by atoms with van der Waals surface area (Å²) in [6, 6.07) is 7.10. The first-order valence-electron chi connectivity index (χ1n) is 6.52. The highest BCUT2D eigenvalue weighted by molar-refractivity contribution is 5.70. The zero-order valence-corrected chi connectivity index (χ0v) is 12.1. The third kappa shape index (κ3) is 5.75. The van der Waals surface area contributed by atoms with Gasteiger partial charge in [0.15, 0.2) is 0 Å². The van der Waals surface area contributed by atoms with Crippen LogP contribution in [0.15, 0.2) is 24.3 Å². The second-order valence-corrected chi connectivity index (χ2v) is 5.40. The highest BCUT2D eigenvalue weighted by Gasteiger charge is 2.19. The summed E-state index contributed by atoms with van der Waals surface area (Å²) < 4.78 is 10.6. The molecule has 0 spiro atoms. The molecule has 0 aliphatic carbocycles. The number of nitrogens with two attached hydrogens (primary N) is 1. The van der Waals surface area contributed by atoms with Crippen LogP contribution in [0.4, 0.5) is 0 Å². The Balaban J connectivity index is 2.57. The van der Waals surface area contributed by atoms with E-state index >= 15 is 0 Å². The summed E-state index contributed by atoms with van der Waals surface area (Å²) in [4.78, 5) is 11.7. The van der Waals surface area contributed by atoms with Gasteiger partial charge in [0.05, 0.1) is 13.0 Å². The lowest BCUT2D eigenvalue weighted by Gasteiger charge is -2.21. The van der Waals surface area contributed by atoms with Gasteiger partial charge in [-0.05, 0) is 45.4 Å². The lowest BCUT2D eigenvalue weighted by Crippen LogP contribution is -2.26. The van der Waals surface area contributed by atoms with Crippen molar-refractivity contribution in [1.29, 1.82) is 0 Å². The van der Waals surface area contributed by atoms with Crippen LogP contribution >= 0.6 is 0 Å². The Bertz CT molecular complexity index is 406. The molecule has 4 nitrogen and oxygen atoms in total. The van der Waals surface area contributed by atoms with Crippen LogP contribution in [0.1, 0.15) is 45.7 Å². The molecule has 106 valence electrons. The normalized spacial score (nSPS) is 12.9. The quantitative estimate of drug-likeness (QED) is 0.832. The molecular formula is C15H23NO3. The van der Waals surface area contributed by atoms with Crippen LogP contribution < -0.4 is 10.5 Å². The average molecular weight is 265 g/mol. The molecule has 0 radical (unpaired) electrons. The maximum atomic E-state index is 11.7. The van der Waals surface area contributed by atoms with Crippen molar-refractivity contribution >= 4 is 5.97 Å². The Morgan fingerprint density at radius 1 is 1.26 bits per heavy atom. The lowest BCUT2D eigenvalue weighted by atomic mass is 10.0. The second kappa shape index (κ2) is 6.57. The first-order valence-corrected chi connectivity index (χ1v) is 6.52. The van der Waals surface area contributed by atoms with Crippen molar-refractivity contribution in [2.45, 2.75) is 45.8 Å². The first kappa shape index (κ1) is 15.5. The van der Waals surface area contributed by atoms with Gasteiger partial charge >= 0.3 is 5.97 Å². The number of hydrogen-bond donors (Lipinski definition) is 1. The van der Waals surface area contributed by atoms with Crippen molar-refractivity contribution in [1.82, 2.24) is 0 Å². The largest absolute Gasteiger partial charge is 0.494 e. The fourth-order valence-electron chi connectivity index (χ4n) is 1.66. The van der Waals surface area contributed by atoms with Crippen molar-refractivity contribution in [2.75, 3.05) is 6.61 Å². The van der Waals surface area contributed by atoms with Gasteiger partial charge in [-0.2, -0.15) is 0 Å².